The summed E-state index contributed by atoms with van der Waals surface area (Å²) in [6.07, 6.45) is 5.52. The summed E-state index contributed by atoms with van der Waals surface area (Å²) in [4.78, 5) is 105. The number of hydrogen-bond donors (Lipinski definition) is 3. The Morgan fingerprint density at radius 2 is 1.64 bits per heavy atom. The first-order valence-electron chi connectivity index (χ1n) is 18.4. The van der Waals surface area contributed by atoms with Gasteiger partial charge in [0.1, 0.15) is 55.5 Å². The minimum atomic E-state index is -1.43. The van der Waals surface area contributed by atoms with Gasteiger partial charge in [-0.25, -0.2) is 9.78 Å². The summed E-state index contributed by atoms with van der Waals surface area (Å²) in [7, 11) is 0. The van der Waals surface area contributed by atoms with Crippen molar-refractivity contribution in [2.75, 3.05) is 26.2 Å². The lowest BCUT2D eigenvalue weighted by Crippen LogP contribution is -2.62. The number of carbonyl (C=O) groups excluding carboxylic acids is 7. The molecule has 5 heterocycles. The minimum absolute atomic E-state index is 0.0471. The molecule has 0 aliphatic carbocycles. The fourth-order valence-corrected chi connectivity index (χ4v) is 7.77. The maximum absolute atomic E-state index is 14.4. The number of benzene rings is 1. The Balaban J connectivity index is 1.30. The first-order chi connectivity index (χ1) is 25.5. The van der Waals surface area contributed by atoms with Gasteiger partial charge in [0.2, 0.25) is 41.3 Å². The highest BCUT2D eigenvalue weighted by molar-refractivity contribution is 5.97. The number of aromatic nitrogens is 1. The van der Waals surface area contributed by atoms with Crippen LogP contribution in [0.3, 0.4) is 0 Å². The number of ether oxygens (including phenoxy) is 1. The van der Waals surface area contributed by atoms with E-state index in [0.717, 1.165) is 5.56 Å². The largest absolute Gasteiger partial charge is 0.461 e. The molecule has 1 aromatic carbocycles. The van der Waals surface area contributed by atoms with Crippen molar-refractivity contribution in [2.45, 2.75) is 101 Å². The number of rotatable bonds is 7. The van der Waals surface area contributed by atoms with E-state index < -0.39 is 84.3 Å². The minimum Gasteiger partial charge on any atom is -0.461 e. The zero-order valence-electron chi connectivity index (χ0n) is 30.0. The number of oxazole rings is 1. The van der Waals surface area contributed by atoms with E-state index >= 15 is 0 Å². The first-order valence-corrected chi connectivity index (χ1v) is 18.4. The molecule has 0 bridgehead atoms. The van der Waals surface area contributed by atoms with Gasteiger partial charge in [-0.05, 0) is 56.9 Å². The van der Waals surface area contributed by atoms with Crippen molar-refractivity contribution in [2.24, 2.45) is 5.92 Å². The number of nitrogens with one attached hydrogen (secondary N) is 3. The quantitative estimate of drug-likeness (QED) is 0.328. The molecule has 3 N–H and O–H groups in total. The van der Waals surface area contributed by atoms with Crippen molar-refractivity contribution in [3.05, 3.63) is 54.2 Å². The molecule has 0 unspecified atom stereocenters. The van der Waals surface area contributed by atoms with Crippen molar-refractivity contribution < 1.29 is 42.7 Å². The van der Waals surface area contributed by atoms with Crippen molar-refractivity contribution in [3.63, 3.8) is 0 Å². The molecule has 2 aromatic rings. The van der Waals surface area contributed by atoms with Crippen LogP contribution in [0.1, 0.15) is 63.8 Å². The second-order valence-electron chi connectivity index (χ2n) is 14.4. The second-order valence-corrected chi connectivity index (χ2v) is 14.4. The predicted octanol–water partition coefficient (Wildman–Crippen LogP) is 0.100. The van der Waals surface area contributed by atoms with Crippen LogP contribution < -0.4 is 16.0 Å². The van der Waals surface area contributed by atoms with E-state index in [4.69, 9.17) is 9.15 Å². The van der Waals surface area contributed by atoms with Crippen LogP contribution in [0.5, 0.6) is 0 Å². The standard InChI is InChI=1S/C37H47N7O9/c1-22-17-29-37(51)53-21-26(41-32(46)25(18-24-9-4-3-5-10-24)40-30(45)19-31-38-13-16-52-31)35(49)43-15-8-12-28(43)36(50)42-14-7-6-11-27(42)33(47)39-23(2)34(48)44(29)20-22/h3-5,9-10,13,16,22-23,25-29H,6-8,11-12,14-15,17-21H2,1-2H3,(H,39,47)(H,40,45)(H,41,46)/t22-,23+,25+,26+,27+,28+,29+/m1/s1. The Bertz CT molecular complexity index is 1690. The van der Waals surface area contributed by atoms with Crippen LogP contribution in [-0.2, 0) is 51.1 Å². The zero-order chi connectivity index (χ0) is 37.6. The Kier molecular flexibility index (Phi) is 11.7. The lowest BCUT2D eigenvalue weighted by Gasteiger charge is -2.39. The van der Waals surface area contributed by atoms with Crippen LogP contribution in [0.4, 0.5) is 0 Å². The van der Waals surface area contributed by atoms with Crippen molar-refractivity contribution in [1.82, 2.24) is 35.6 Å². The summed E-state index contributed by atoms with van der Waals surface area (Å²) in [5.74, 6) is -3.86. The van der Waals surface area contributed by atoms with Gasteiger partial charge in [-0.3, -0.25) is 28.8 Å². The molecule has 0 saturated carbocycles. The Labute approximate surface area is 307 Å². The molecule has 4 fully saturated rings. The van der Waals surface area contributed by atoms with Gasteiger partial charge in [0.15, 0.2) is 0 Å². The van der Waals surface area contributed by atoms with E-state index in [-0.39, 0.29) is 37.7 Å². The van der Waals surface area contributed by atoms with E-state index in [1.54, 1.807) is 31.2 Å². The Morgan fingerprint density at radius 1 is 0.906 bits per heavy atom. The highest BCUT2D eigenvalue weighted by Crippen LogP contribution is 2.28. The number of fused-ring (bicyclic) bond motifs is 3. The Hall–Kier alpha value is -5.28. The highest BCUT2D eigenvalue weighted by Gasteiger charge is 2.46. The molecule has 4 saturated heterocycles. The third-order valence-corrected chi connectivity index (χ3v) is 10.4. The lowest BCUT2D eigenvalue weighted by atomic mass is 9.99. The van der Waals surface area contributed by atoms with Crippen LogP contribution in [0, 0.1) is 5.92 Å². The summed E-state index contributed by atoms with van der Waals surface area (Å²) in [5.41, 5.74) is 0.736. The third kappa shape index (κ3) is 8.69. The first kappa shape index (κ1) is 37.5. The van der Waals surface area contributed by atoms with Gasteiger partial charge >= 0.3 is 5.97 Å². The maximum atomic E-state index is 14.4. The maximum Gasteiger partial charge on any atom is 0.328 e. The van der Waals surface area contributed by atoms with Crippen molar-refractivity contribution in [1.29, 1.82) is 0 Å². The number of esters is 1. The number of piperidine rings is 1. The Morgan fingerprint density at radius 3 is 2.40 bits per heavy atom. The summed E-state index contributed by atoms with van der Waals surface area (Å²) in [6, 6.07) is 2.74. The van der Waals surface area contributed by atoms with Crippen molar-refractivity contribution in [3.8, 4) is 0 Å². The van der Waals surface area contributed by atoms with Gasteiger partial charge in [-0.1, -0.05) is 37.3 Å². The molecular formula is C37H47N7O9. The fourth-order valence-electron chi connectivity index (χ4n) is 7.77. The monoisotopic (exact) mass is 733 g/mol. The molecule has 16 nitrogen and oxygen atoms in total. The SMILES string of the molecule is C[C@@H]1C[C@H]2C(=O)OC[C@H](NC(=O)[C@H](Cc3ccccc3)NC(=O)Cc3ncco3)C(=O)N3CCC[C@H]3C(=O)N3CCCC[C@H]3C(=O)N[C@@H](C)C(=O)N2C1. The number of amides is 6. The van der Waals surface area contributed by atoms with Gasteiger partial charge in [-0.2, -0.15) is 0 Å². The molecule has 6 rings (SSSR count). The lowest BCUT2D eigenvalue weighted by molar-refractivity contribution is -0.158. The number of hydrogen-bond acceptors (Lipinski definition) is 10. The van der Waals surface area contributed by atoms with Crippen LogP contribution in [-0.4, -0.2) is 124 Å². The normalized spacial score (nSPS) is 27.7. The molecule has 284 valence electrons. The molecule has 0 spiro atoms. The van der Waals surface area contributed by atoms with Gasteiger partial charge < -0.3 is 39.8 Å². The molecule has 6 amide bonds. The molecule has 0 radical (unpaired) electrons. The average Bonchev–Trinajstić information content (AvgIpc) is 3.94. The molecule has 1 aromatic heterocycles. The molecule has 7 atom stereocenters. The van der Waals surface area contributed by atoms with Crippen LogP contribution in [0.15, 0.2) is 47.2 Å². The topological polar surface area (TPSA) is 201 Å². The van der Waals surface area contributed by atoms with E-state index in [1.165, 1.54) is 27.2 Å². The van der Waals surface area contributed by atoms with Crippen LogP contribution in [0.2, 0.25) is 0 Å². The van der Waals surface area contributed by atoms with Crippen LogP contribution in [0.25, 0.3) is 0 Å². The molecule has 16 heteroatoms. The zero-order valence-corrected chi connectivity index (χ0v) is 30.0. The molecule has 4 aliphatic heterocycles. The smallest absolute Gasteiger partial charge is 0.328 e. The number of cyclic esters (lactones) is 1. The molecular weight excluding hydrogens is 686 g/mol. The predicted molar refractivity (Wildman–Crippen MR) is 186 cm³/mol. The van der Waals surface area contributed by atoms with Gasteiger partial charge in [0.05, 0.1) is 6.20 Å². The average molecular weight is 734 g/mol. The van der Waals surface area contributed by atoms with E-state index in [9.17, 15) is 33.6 Å². The van der Waals surface area contributed by atoms with E-state index in [2.05, 4.69) is 20.9 Å². The van der Waals surface area contributed by atoms with E-state index in [1.807, 2.05) is 13.0 Å². The molecule has 53 heavy (non-hydrogen) atoms. The summed E-state index contributed by atoms with van der Waals surface area (Å²) in [5, 5.41) is 8.22. The number of carbonyl (C=O) groups is 7. The van der Waals surface area contributed by atoms with Gasteiger partial charge in [0, 0.05) is 26.1 Å². The number of nitrogens with zero attached hydrogens (tertiary/aromatic N) is 4. The summed E-state index contributed by atoms with van der Waals surface area (Å²) >= 11 is 0. The van der Waals surface area contributed by atoms with Crippen LogP contribution >= 0.6 is 0 Å². The summed E-state index contributed by atoms with van der Waals surface area (Å²) in [6.45, 7) is 3.66. The third-order valence-electron chi connectivity index (χ3n) is 10.4. The fraction of sp³-hybridized carbons (Fsp3) is 0.568. The molecule has 4 aliphatic rings. The van der Waals surface area contributed by atoms with E-state index in [0.29, 0.717) is 45.1 Å². The van der Waals surface area contributed by atoms with Gasteiger partial charge in [-0.15, -0.1) is 0 Å². The second kappa shape index (κ2) is 16.6. The van der Waals surface area contributed by atoms with Gasteiger partial charge in [0.25, 0.3) is 0 Å². The summed E-state index contributed by atoms with van der Waals surface area (Å²) < 4.78 is 10.9. The van der Waals surface area contributed by atoms with Crippen molar-refractivity contribution >= 4 is 41.4 Å². The highest BCUT2D eigenvalue weighted by atomic mass is 16.5.